The minimum absolute atomic E-state index is 0.156. The zero-order chi connectivity index (χ0) is 19.8. The molecule has 5 heteroatoms. The van der Waals surface area contributed by atoms with Crippen molar-refractivity contribution in [1.82, 2.24) is 5.32 Å². The zero-order valence-electron chi connectivity index (χ0n) is 16.3. The first kappa shape index (κ1) is 20.5. The van der Waals surface area contributed by atoms with Crippen molar-refractivity contribution in [2.45, 2.75) is 39.7 Å². The molecule has 0 heterocycles. The van der Waals surface area contributed by atoms with Gasteiger partial charge in [0.2, 0.25) is 0 Å². The molecule has 0 saturated heterocycles. The van der Waals surface area contributed by atoms with Gasteiger partial charge in [-0.15, -0.1) is 0 Å². The lowest BCUT2D eigenvalue weighted by Crippen LogP contribution is -2.31. The highest BCUT2D eigenvalue weighted by Crippen LogP contribution is 2.23. The van der Waals surface area contributed by atoms with Gasteiger partial charge in [0.25, 0.3) is 5.91 Å². The molecule has 2 aromatic rings. The first-order valence-corrected chi connectivity index (χ1v) is 9.10. The van der Waals surface area contributed by atoms with E-state index in [1.165, 1.54) is 5.56 Å². The summed E-state index contributed by atoms with van der Waals surface area (Å²) in [6.45, 7) is 7.58. The molecule has 144 valence electrons. The molecule has 0 aliphatic heterocycles. The van der Waals surface area contributed by atoms with E-state index in [-0.39, 0.29) is 25.2 Å². The van der Waals surface area contributed by atoms with Crippen LogP contribution in [0.1, 0.15) is 49.4 Å². The van der Waals surface area contributed by atoms with Crippen LogP contribution in [0.3, 0.4) is 0 Å². The number of hydrogen-bond donors (Lipinski definition) is 1. The summed E-state index contributed by atoms with van der Waals surface area (Å²) in [6, 6.07) is 15.2. The standard InChI is InChI=1S/C22H27NO4/c1-15(2)20-11-10-19(12-16(20)3)26-14-22(25)27-13-21(24)23-17(4)18-8-6-5-7-9-18/h5-12,15,17H,13-14H2,1-4H3,(H,23,24). The molecule has 5 nitrogen and oxygen atoms in total. The summed E-state index contributed by atoms with van der Waals surface area (Å²) in [7, 11) is 0. The number of esters is 1. The second kappa shape index (κ2) is 9.76. The van der Waals surface area contributed by atoms with Crippen LogP contribution >= 0.6 is 0 Å². The van der Waals surface area contributed by atoms with E-state index in [2.05, 4.69) is 19.2 Å². The third-order valence-corrected chi connectivity index (χ3v) is 4.26. The summed E-state index contributed by atoms with van der Waals surface area (Å²) in [5, 5.41) is 2.79. The Kier molecular flexibility index (Phi) is 7.41. The van der Waals surface area contributed by atoms with Gasteiger partial charge < -0.3 is 14.8 Å². The summed E-state index contributed by atoms with van der Waals surface area (Å²) >= 11 is 0. The molecule has 1 N–H and O–H groups in total. The second-order valence-corrected chi connectivity index (χ2v) is 6.82. The number of rotatable bonds is 8. The van der Waals surface area contributed by atoms with E-state index in [0.29, 0.717) is 11.7 Å². The first-order chi connectivity index (χ1) is 12.9. The van der Waals surface area contributed by atoms with Crippen LogP contribution in [0.25, 0.3) is 0 Å². The number of ether oxygens (including phenoxy) is 2. The maximum atomic E-state index is 11.9. The van der Waals surface area contributed by atoms with Gasteiger partial charge in [-0.1, -0.05) is 50.2 Å². The van der Waals surface area contributed by atoms with Gasteiger partial charge in [-0.3, -0.25) is 4.79 Å². The molecule has 0 bridgehead atoms. The normalized spacial score (nSPS) is 11.7. The SMILES string of the molecule is Cc1cc(OCC(=O)OCC(=O)NC(C)c2ccccc2)ccc1C(C)C. The summed E-state index contributed by atoms with van der Waals surface area (Å²) in [4.78, 5) is 23.7. The maximum absolute atomic E-state index is 11.9. The Morgan fingerprint density at radius 3 is 2.33 bits per heavy atom. The Morgan fingerprint density at radius 1 is 1.00 bits per heavy atom. The lowest BCUT2D eigenvalue weighted by Gasteiger charge is -2.14. The largest absolute Gasteiger partial charge is 0.482 e. The number of amides is 1. The second-order valence-electron chi connectivity index (χ2n) is 6.82. The highest BCUT2D eigenvalue weighted by molar-refractivity contribution is 5.81. The van der Waals surface area contributed by atoms with Gasteiger partial charge in [-0.2, -0.15) is 0 Å². The summed E-state index contributed by atoms with van der Waals surface area (Å²) in [5.41, 5.74) is 3.35. The fraction of sp³-hybridized carbons (Fsp3) is 0.364. The number of hydrogen-bond acceptors (Lipinski definition) is 4. The molecule has 0 fully saturated rings. The summed E-state index contributed by atoms with van der Waals surface area (Å²) < 4.78 is 10.4. The van der Waals surface area contributed by atoms with Crippen molar-refractivity contribution in [2.24, 2.45) is 0 Å². The van der Waals surface area contributed by atoms with Gasteiger partial charge in [0.05, 0.1) is 6.04 Å². The van der Waals surface area contributed by atoms with Crippen LogP contribution in [-0.4, -0.2) is 25.1 Å². The predicted octanol–water partition coefficient (Wildman–Crippen LogP) is 3.92. The molecule has 2 rings (SSSR count). The average molecular weight is 369 g/mol. The number of aryl methyl sites for hydroxylation is 1. The predicted molar refractivity (Wildman–Crippen MR) is 105 cm³/mol. The topological polar surface area (TPSA) is 64.6 Å². The van der Waals surface area contributed by atoms with Gasteiger partial charge in [0, 0.05) is 0 Å². The number of carbonyl (C=O) groups excluding carboxylic acids is 2. The van der Waals surface area contributed by atoms with Gasteiger partial charge in [-0.05, 0) is 48.6 Å². The van der Waals surface area contributed by atoms with Crippen LogP contribution in [0, 0.1) is 6.92 Å². The Hall–Kier alpha value is -2.82. The Bertz CT molecular complexity index is 771. The molecule has 0 aliphatic rings. The van der Waals surface area contributed by atoms with Crippen molar-refractivity contribution in [3.05, 3.63) is 65.2 Å². The Balaban J connectivity index is 1.74. The molecule has 1 atom stereocenters. The quantitative estimate of drug-likeness (QED) is 0.717. The zero-order valence-corrected chi connectivity index (χ0v) is 16.3. The van der Waals surface area contributed by atoms with Gasteiger partial charge >= 0.3 is 5.97 Å². The van der Waals surface area contributed by atoms with Crippen LogP contribution in [0.15, 0.2) is 48.5 Å². The van der Waals surface area contributed by atoms with Crippen LogP contribution in [-0.2, 0) is 14.3 Å². The lowest BCUT2D eigenvalue weighted by molar-refractivity contribution is -0.150. The lowest BCUT2D eigenvalue weighted by atomic mass is 9.98. The average Bonchev–Trinajstić information content (AvgIpc) is 2.65. The molecule has 0 radical (unpaired) electrons. The van der Waals surface area contributed by atoms with E-state index in [9.17, 15) is 9.59 Å². The molecule has 0 spiro atoms. The molecule has 0 aromatic heterocycles. The van der Waals surface area contributed by atoms with Crippen molar-refractivity contribution in [3.8, 4) is 5.75 Å². The van der Waals surface area contributed by atoms with E-state index in [1.807, 2.05) is 62.4 Å². The third-order valence-electron chi connectivity index (χ3n) is 4.26. The van der Waals surface area contributed by atoms with Crippen LogP contribution in [0.2, 0.25) is 0 Å². The van der Waals surface area contributed by atoms with Gasteiger partial charge in [0.15, 0.2) is 13.2 Å². The van der Waals surface area contributed by atoms with E-state index in [1.54, 1.807) is 0 Å². The van der Waals surface area contributed by atoms with E-state index in [4.69, 9.17) is 9.47 Å². The van der Waals surface area contributed by atoms with Crippen molar-refractivity contribution in [1.29, 1.82) is 0 Å². The van der Waals surface area contributed by atoms with Crippen LogP contribution in [0.4, 0.5) is 0 Å². The molecule has 1 unspecified atom stereocenters. The highest BCUT2D eigenvalue weighted by atomic mass is 16.6. The molecule has 0 aliphatic carbocycles. The van der Waals surface area contributed by atoms with Crippen molar-refractivity contribution < 1.29 is 19.1 Å². The first-order valence-electron chi connectivity index (χ1n) is 9.10. The summed E-state index contributed by atoms with van der Waals surface area (Å²) in [6.07, 6.45) is 0. The van der Waals surface area contributed by atoms with Crippen LogP contribution in [0.5, 0.6) is 5.75 Å². The molecule has 27 heavy (non-hydrogen) atoms. The van der Waals surface area contributed by atoms with E-state index < -0.39 is 5.97 Å². The molecular formula is C22H27NO4. The minimum atomic E-state index is -0.580. The van der Waals surface area contributed by atoms with Gasteiger partial charge in [-0.25, -0.2) is 4.79 Å². The molecule has 2 aromatic carbocycles. The Labute approximate surface area is 160 Å². The maximum Gasteiger partial charge on any atom is 0.344 e. The van der Waals surface area contributed by atoms with Crippen molar-refractivity contribution in [3.63, 3.8) is 0 Å². The third kappa shape index (κ3) is 6.44. The van der Waals surface area contributed by atoms with Crippen molar-refractivity contribution >= 4 is 11.9 Å². The number of benzene rings is 2. The Morgan fingerprint density at radius 2 is 1.70 bits per heavy atom. The molecular weight excluding hydrogens is 342 g/mol. The van der Waals surface area contributed by atoms with E-state index in [0.717, 1.165) is 11.1 Å². The number of nitrogens with one attached hydrogen (secondary N) is 1. The number of carbonyl (C=O) groups is 2. The molecule has 1 amide bonds. The monoisotopic (exact) mass is 369 g/mol. The molecule has 0 saturated carbocycles. The van der Waals surface area contributed by atoms with E-state index >= 15 is 0 Å². The van der Waals surface area contributed by atoms with Gasteiger partial charge in [0.1, 0.15) is 5.75 Å². The summed E-state index contributed by atoms with van der Waals surface area (Å²) in [5.74, 6) is 0.108. The smallest absolute Gasteiger partial charge is 0.344 e. The van der Waals surface area contributed by atoms with Crippen molar-refractivity contribution in [2.75, 3.05) is 13.2 Å². The van der Waals surface area contributed by atoms with Crippen LogP contribution < -0.4 is 10.1 Å². The minimum Gasteiger partial charge on any atom is -0.482 e. The fourth-order valence-corrected chi connectivity index (χ4v) is 2.82. The fourth-order valence-electron chi connectivity index (χ4n) is 2.82. The highest BCUT2D eigenvalue weighted by Gasteiger charge is 2.12.